The van der Waals surface area contributed by atoms with E-state index in [4.69, 9.17) is 0 Å². The van der Waals surface area contributed by atoms with Gasteiger partial charge >= 0.3 is 0 Å². The van der Waals surface area contributed by atoms with Crippen LogP contribution in [-0.4, -0.2) is 37.5 Å². The molecule has 3 heteroatoms. The zero-order valence-electron chi connectivity index (χ0n) is 11.7. The highest BCUT2D eigenvalue weighted by atomic mass is 16.2. The molecule has 0 bridgehead atoms. The lowest BCUT2D eigenvalue weighted by atomic mass is 9.81. The van der Waals surface area contributed by atoms with Crippen LogP contribution in [0.2, 0.25) is 0 Å². The number of hydrogen-bond acceptors (Lipinski definition) is 2. The predicted molar refractivity (Wildman–Crippen MR) is 72.0 cm³/mol. The van der Waals surface area contributed by atoms with Gasteiger partial charge in [-0.3, -0.25) is 4.79 Å². The second-order valence-corrected chi connectivity index (χ2v) is 5.39. The molecule has 100 valence electrons. The third-order valence-electron chi connectivity index (χ3n) is 3.87. The lowest BCUT2D eigenvalue weighted by Crippen LogP contribution is -2.43. The van der Waals surface area contributed by atoms with Gasteiger partial charge in [0.1, 0.15) is 0 Å². The average molecular weight is 240 g/mol. The Kier molecular flexibility index (Phi) is 5.96. The Morgan fingerprint density at radius 2 is 2.06 bits per heavy atom. The van der Waals surface area contributed by atoms with Crippen LogP contribution in [0.1, 0.15) is 52.4 Å². The molecule has 0 aromatic carbocycles. The molecule has 1 saturated heterocycles. The van der Waals surface area contributed by atoms with Crippen molar-refractivity contribution in [2.75, 3.05) is 26.7 Å². The fourth-order valence-electron chi connectivity index (χ4n) is 2.83. The maximum atomic E-state index is 12.5. The van der Waals surface area contributed by atoms with Crippen molar-refractivity contribution in [2.24, 2.45) is 5.41 Å². The molecule has 1 fully saturated rings. The quantitative estimate of drug-likeness (QED) is 0.693. The third kappa shape index (κ3) is 3.70. The molecule has 0 aromatic heterocycles. The highest BCUT2D eigenvalue weighted by molar-refractivity contribution is 5.83. The van der Waals surface area contributed by atoms with Gasteiger partial charge in [0.2, 0.25) is 5.91 Å². The Morgan fingerprint density at radius 1 is 1.29 bits per heavy atom. The second-order valence-electron chi connectivity index (χ2n) is 5.39. The first-order valence-corrected chi connectivity index (χ1v) is 7.12. The Morgan fingerprint density at radius 3 is 2.59 bits per heavy atom. The Labute approximate surface area is 106 Å². The zero-order chi connectivity index (χ0) is 12.7. The fraction of sp³-hybridized carbons (Fsp3) is 0.929. The highest BCUT2D eigenvalue weighted by Gasteiger charge is 2.41. The molecular weight excluding hydrogens is 212 g/mol. The number of carbonyl (C=O) groups excluding carboxylic acids is 1. The standard InChI is InChI=1S/C14H28N2O/c1-4-6-7-11-16(3)13(17)14(8-5-2)9-10-15-12-14/h15H,4-12H2,1-3H3. The van der Waals surface area contributed by atoms with E-state index in [1.54, 1.807) is 0 Å². The summed E-state index contributed by atoms with van der Waals surface area (Å²) in [5, 5.41) is 3.35. The number of rotatable bonds is 7. The van der Waals surface area contributed by atoms with Crippen molar-refractivity contribution >= 4 is 5.91 Å². The average Bonchev–Trinajstić information content (AvgIpc) is 2.78. The Bertz CT molecular complexity index is 234. The van der Waals surface area contributed by atoms with Crippen LogP contribution in [-0.2, 0) is 4.79 Å². The molecule has 0 aliphatic carbocycles. The number of nitrogens with one attached hydrogen (secondary N) is 1. The van der Waals surface area contributed by atoms with E-state index in [0.717, 1.165) is 45.3 Å². The van der Waals surface area contributed by atoms with Crippen molar-refractivity contribution in [2.45, 2.75) is 52.4 Å². The van der Waals surface area contributed by atoms with Crippen molar-refractivity contribution in [3.63, 3.8) is 0 Å². The lowest BCUT2D eigenvalue weighted by molar-refractivity contribution is -0.140. The largest absolute Gasteiger partial charge is 0.345 e. The molecule has 0 saturated carbocycles. The molecule has 0 spiro atoms. The predicted octanol–water partition coefficient (Wildman–Crippen LogP) is 2.41. The maximum absolute atomic E-state index is 12.5. The van der Waals surface area contributed by atoms with Gasteiger partial charge in [-0.25, -0.2) is 0 Å². The lowest BCUT2D eigenvalue weighted by Gasteiger charge is -2.31. The molecule has 1 rings (SSSR count). The maximum Gasteiger partial charge on any atom is 0.229 e. The Hall–Kier alpha value is -0.570. The van der Waals surface area contributed by atoms with Crippen molar-refractivity contribution < 1.29 is 4.79 Å². The van der Waals surface area contributed by atoms with Gasteiger partial charge in [-0.1, -0.05) is 33.1 Å². The van der Waals surface area contributed by atoms with Crippen LogP contribution in [0.4, 0.5) is 0 Å². The molecule has 1 unspecified atom stereocenters. The summed E-state index contributed by atoms with van der Waals surface area (Å²) in [7, 11) is 1.97. The van der Waals surface area contributed by atoms with Gasteiger partial charge in [0.15, 0.2) is 0 Å². The first kappa shape index (κ1) is 14.5. The van der Waals surface area contributed by atoms with Crippen molar-refractivity contribution in [1.29, 1.82) is 0 Å². The van der Waals surface area contributed by atoms with Crippen LogP contribution in [0.25, 0.3) is 0 Å². The molecule has 1 aliphatic rings. The SMILES string of the molecule is CCCCCN(C)C(=O)C1(CCC)CCNC1. The van der Waals surface area contributed by atoms with Gasteiger partial charge in [0, 0.05) is 20.1 Å². The molecule has 1 N–H and O–H groups in total. The molecule has 1 aliphatic heterocycles. The molecule has 1 amide bonds. The van der Waals surface area contributed by atoms with Gasteiger partial charge in [-0.05, 0) is 25.8 Å². The third-order valence-corrected chi connectivity index (χ3v) is 3.87. The smallest absolute Gasteiger partial charge is 0.229 e. The van der Waals surface area contributed by atoms with Crippen LogP contribution >= 0.6 is 0 Å². The van der Waals surface area contributed by atoms with Gasteiger partial charge in [0.05, 0.1) is 5.41 Å². The fourth-order valence-corrected chi connectivity index (χ4v) is 2.83. The molecule has 1 heterocycles. The number of nitrogens with zero attached hydrogens (tertiary/aromatic N) is 1. The normalized spacial score (nSPS) is 23.9. The van der Waals surface area contributed by atoms with E-state index < -0.39 is 0 Å². The van der Waals surface area contributed by atoms with Crippen LogP contribution in [0.5, 0.6) is 0 Å². The Balaban J connectivity index is 2.52. The van der Waals surface area contributed by atoms with Crippen molar-refractivity contribution in [3.05, 3.63) is 0 Å². The number of unbranched alkanes of at least 4 members (excludes halogenated alkanes) is 2. The first-order valence-electron chi connectivity index (χ1n) is 7.12. The zero-order valence-corrected chi connectivity index (χ0v) is 11.7. The molecule has 0 radical (unpaired) electrons. The van der Waals surface area contributed by atoms with E-state index in [9.17, 15) is 4.79 Å². The summed E-state index contributed by atoms with van der Waals surface area (Å²) >= 11 is 0. The number of amides is 1. The van der Waals surface area contributed by atoms with E-state index in [0.29, 0.717) is 5.91 Å². The van der Waals surface area contributed by atoms with Crippen LogP contribution in [0.3, 0.4) is 0 Å². The van der Waals surface area contributed by atoms with Gasteiger partial charge in [0.25, 0.3) is 0 Å². The number of hydrogen-bond donors (Lipinski definition) is 1. The number of carbonyl (C=O) groups is 1. The van der Waals surface area contributed by atoms with Crippen LogP contribution in [0, 0.1) is 5.41 Å². The minimum atomic E-state index is -0.101. The summed E-state index contributed by atoms with van der Waals surface area (Å²) in [6, 6.07) is 0. The molecule has 3 nitrogen and oxygen atoms in total. The monoisotopic (exact) mass is 240 g/mol. The molecular formula is C14H28N2O. The van der Waals surface area contributed by atoms with E-state index in [1.165, 1.54) is 12.8 Å². The summed E-state index contributed by atoms with van der Waals surface area (Å²) in [4.78, 5) is 14.5. The van der Waals surface area contributed by atoms with E-state index in [-0.39, 0.29) is 5.41 Å². The van der Waals surface area contributed by atoms with E-state index in [1.807, 2.05) is 11.9 Å². The van der Waals surface area contributed by atoms with Crippen molar-refractivity contribution in [3.8, 4) is 0 Å². The van der Waals surface area contributed by atoms with Gasteiger partial charge < -0.3 is 10.2 Å². The van der Waals surface area contributed by atoms with E-state index in [2.05, 4.69) is 19.2 Å². The summed E-state index contributed by atoms with van der Waals surface area (Å²) in [5.74, 6) is 0.362. The first-order chi connectivity index (χ1) is 8.16. The molecule has 1 atom stereocenters. The summed E-state index contributed by atoms with van der Waals surface area (Å²) in [6.45, 7) is 7.15. The molecule has 0 aromatic rings. The summed E-state index contributed by atoms with van der Waals surface area (Å²) in [6.07, 6.45) is 6.69. The summed E-state index contributed by atoms with van der Waals surface area (Å²) in [5.41, 5.74) is -0.101. The topological polar surface area (TPSA) is 32.3 Å². The molecule has 17 heavy (non-hydrogen) atoms. The van der Waals surface area contributed by atoms with Crippen LogP contribution in [0.15, 0.2) is 0 Å². The van der Waals surface area contributed by atoms with E-state index >= 15 is 0 Å². The van der Waals surface area contributed by atoms with Crippen molar-refractivity contribution in [1.82, 2.24) is 10.2 Å². The van der Waals surface area contributed by atoms with Gasteiger partial charge in [-0.15, -0.1) is 0 Å². The summed E-state index contributed by atoms with van der Waals surface area (Å²) < 4.78 is 0. The highest BCUT2D eigenvalue weighted by Crippen LogP contribution is 2.33. The minimum absolute atomic E-state index is 0.101. The minimum Gasteiger partial charge on any atom is -0.345 e. The van der Waals surface area contributed by atoms with Gasteiger partial charge in [-0.2, -0.15) is 0 Å². The van der Waals surface area contributed by atoms with Crippen LogP contribution < -0.4 is 5.32 Å². The second kappa shape index (κ2) is 7.00.